The van der Waals surface area contributed by atoms with Crippen LogP contribution in [0.25, 0.3) is 10.2 Å². The second-order valence-corrected chi connectivity index (χ2v) is 7.39. The molecule has 0 unspecified atom stereocenters. The highest BCUT2D eigenvalue weighted by molar-refractivity contribution is 7.20. The summed E-state index contributed by atoms with van der Waals surface area (Å²) < 4.78 is 0.929. The van der Waals surface area contributed by atoms with Crippen molar-refractivity contribution in [3.8, 4) is 0 Å². The number of allylic oxidation sites excluding steroid dienone is 3. The Kier molecular flexibility index (Phi) is 6.26. The molecule has 1 aliphatic carbocycles. The Labute approximate surface area is 161 Å². The Balaban J connectivity index is 1.78. The van der Waals surface area contributed by atoms with E-state index in [4.69, 9.17) is 5.73 Å². The summed E-state index contributed by atoms with van der Waals surface area (Å²) in [5.74, 6) is -0.723. The van der Waals surface area contributed by atoms with E-state index in [2.05, 4.69) is 10.3 Å². The van der Waals surface area contributed by atoms with E-state index >= 15 is 0 Å². The lowest BCUT2D eigenvalue weighted by molar-refractivity contribution is -0.120. The van der Waals surface area contributed by atoms with Crippen molar-refractivity contribution in [2.24, 2.45) is 5.73 Å². The maximum absolute atomic E-state index is 13.0. The number of hydrogen-bond donors (Lipinski definition) is 2. The molecule has 0 saturated carbocycles. The molecule has 0 spiro atoms. The Morgan fingerprint density at radius 3 is 2.81 bits per heavy atom. The Morgan fingerprint density at radius 1 is 1.26 bits per heavy atom. The summed E-state index contributed by atoms with van der Waals surface area (Å²) in [6, 6.07) is 6.85. The van der Waals surface area contributed by atoms with Crippen LogP contribution in [0.15, 0.2) is 48.1 Å². The maximum Gasteiger partial charge on any atom is 0.248 e. The molecule has 0 bridgehead atoms. The van der Waals surface area contributed by atoms with Crippen molar-refractivity contribution in [2.75, 3.05) is 6.54 Å². The summed E-state index contributed by atoms with van der Waals surface area (Å²) in [5.41, 5.74) is 6.68. The molecule has 140 valence electrons. The van der Waals surface area contributed by atoms with E-state index in [1.54, 1.807) is 12.2 Å². The smallest absolute Gasteiger partial charge is 0.248 e. The van der Waals surface area contributed by atoms with Gasteiger partial charge in [0, 0.05) is 12.0 Å². The van der Waals surface area contributed by atoms with Gasteiger partial charge in [-0.25, -0.2) is 4.98 Å². The number of nitrogens with one attached hydrogen (secondary N) is 1. The van der Waals surface area contributed by atoms with Crippen LogP contribution in [0.5, 0.6) is 0 Å². The Morgan fingerprint density at radius 2 is 2.07 bits per heavy atom. The first kappa shape index (κ1) is 19.1. The third-order valence-corrected chi connectivity index (χ3v) is 5.36. The van der Waals surface area contributed by atoms with Crippen molar-refractivity contribution in [2.45, 2.75) is 31.7 Å². The lowest BCUT2D eigenvalue weighted by Gasteiger charge is -2.18. The second-order valence-electron chi connectivity index (χ2n) is 6.36. The predicted molar refractivity (Wildman–Crippen MR) is 106 cm³/mol. The topological polar surface area (TPSA) is 102 Å². The molecule has 1 amide bonds. The number of nitrogens with zero attached hydrogens (tertiary/aromatic N) is 1. The maximum atomic E-state index is 13.0. The minimum absolute atomic E-state index is 0.0488. The van der Waals surface area contributed by atoms with Crippen molar-refractivity contribution in [1.29, 1.82) is 0 Å². The third kappa shape index (κ3) is 4.75. The molecule has 2 aromatic rings. The molecule has 3 rings (SSSR count). The highest BCUT2D eigenvalue weighted by atomic mass is 32.1. The molecule has 3 N–H and O–H groups in total. The van der Waals surface area contributed by atoms with Gasteiger partial charge >= 0.3 is 0 Å². The molecule has 1 aliphatic rings. The van der Waals surface area contributed by atoms with Gasteiger partial charge in [0.15, 0.2) is 10.8 Å². The van der Waals surface area contributed by atoms with Gasteiger partial charge in [-0.15, -0.1) is 11.3 Å². The summed E-state index contributed by atoms with van der Waals surface area (Å²) in [6.07, 6.45) is 6.61. The summed E-state index contributed by atoms with van der Waals surface area (Å²) in [5, 5.41) is 3.17. The van der Waals surface area contributed by atoms with Crippen molar-refractivity contribution >= 4 is 39.0 Å². The van der Waals surface area contributed by atoms with Crippen LogP contribution >= 0.6 is 11.3 Å². The van der Waals surface area contributed by atoms with Crippen LogP contribution < -0.4 is 11.1 Å². The SMILES string of the molecule is NCCCC[C@H](NC(=O)C1=CC=CC(=O)C1)C(=O)c1nc2ccccc2s1. The van der Waals surface area contributed by atoms with Gasteiger partial charge in [0.05, 0.1) is 16.3 Å². The van der Waals surface area contributed by atoms with E-state index in [1.807, 2.05) is 24.3 Å². The van der Waals surface area contributed by atoms with E-state index < -0.39 is 6.04 Å². The summed E-state index contributed by atoms with van der Waals surface area (Å²) >= 11 is 1.32. The zero-order valence-electron chi connectivity index (χ0n) is 14.8. The first-order valence-corrected chi connectivity index (χ1v) is 9.71. The molecule has 7 heteroatoms. The van der Waals surface area contributed by atoms with Gasteiger partial charge in [0.1, 0.15) is 0 Å². The van der Waals surface area contributed by atoms with Gasteiger partial charge in [-0.05, 0) is 44.0 Å². The highest BCUT2D eigenvalue weighted by Crippen LogP contribution is 2.23. The average molecular weight is 383 g/mol. The molecular weight excluding hydrogens is 362 g/mol. The molecule has 6 nitrogen and oxygen atoms in total. The molecule has 1 aromatic carbocycles. The molecule has 27 heavy (non-hydrogen) atoms. The molecule has 0 saturated heterocycles. The van der Waals surface area contributed by atoms with E-state index in [1.165, 1.54) is 17.4 Å². The largest absolute Gasteiger partial charge is 0.342 e. The minimum Gasteiger partial charge on any atom is -0.342 e. The number of thiazole rings is 1. The summed E-state index contributed by atoms with van der Waals surface area (Å²) in [4.78, 5) is 41.5. The highest BCUT2D eigenvalue weighted by Gasteiger charge is 2.26. The fraction of sp³-hybridized carbons (Fsp3) is 0.300. The van der Waals surface area contributed by atoms with Crippen LogP contribution in [0.3, 0.4) is 0 Å². The number of Topliss-reactive ketones (excluding diaryl/α,β-unsaturated/α-hetero) is 1. The average Bonchev–Trinajstić information content (AvgIpc) is 3.11. The van der Waals surface area contributed by atoms with E-state index in [0.29, 0.717) is 23.5 Å². The first-order chi connectivity index (χ1) is 13.1. The Bertz CT molecular complexity index is 896. The number of rotatable bonds is 8. The van der Waals surface area contributed by atoms with Crippen LogP contribution in [-0.2, 0) is 9.59 Å². The number of ketones is 2. The zero-order valence-corrected chi connectivity index (χ0v) is 15.6. The first-order valence-electron chi connectivity index (χ1n) is 8.89. The van der Waals surface area contributed by atoms with Gasteiger partial charge in [-0.1, -0.05) is 24.3 Å². The molecule has 1 aromatic heterocycles. The molecular formula is C20H21N3O3S. The fourth-order valence-electron chi connectivity index (χ4n) is 2.87. The lowest BCUT2D eigenvalue weighted by Crippen LogP contribution is -2.42. The van der Waals surface area contributed by atoms with Gasteiger partial charge in [0.2, 0.25) is 11.7 Å². The lowest BCUT2D eigenvalue weighted by atomic mass is 10.0. The standard InChI is InChI=1S/C20H21N3O3S/c21-11-4-3-9-16(22-19(26)13-6-5-7-14(24)12-13)18(25)20-23-15-8-1-2-10-17(15)27-20/h1-2,5-8,10,16H,3-4,9,11-12,21H2,(H,22,26)/t16-/m0/s1. The molecule has 0 fully saturated rings. The van der Waals surface area contributed by atoms with Gasteiger partial charge in [0.25, 0.3) is 0 Å². The number of hydrogen-bond acceptors (Lipinski definition) is 6. The quantitative estimate of drug-likeness (QED) is 0.539. The normalized spacial score (nSPS) is 14.9. The molecule has 0 aliphatic heterocycles. The van der Waals surface area contributed by atoms with Crippen molar-refractivity contribution in [1.82, 2.24) is 10.3 Å². The predicted octanol–water partition coefficient (Wildman–Crippen LogP) is 2.55. The molecule has 1 atom stereocenters. The van der Waals surface area contributed by atoms with Crippen LogP contribution in [0, 0.1) is 0 Å². The monoisotopic (exact) mass is 383 g/mol. The zero-order chi connectivity index (χ0) is 19.2. The number of amides is 1. The third-order valence-electron chi connectivity index (χ3n) is 4.31. The van der Waals surface area contributed by atoms with Gasteiger partial charge in [-0.2, -0.15) is 0 Å². The fourth-order valence-corrected chi connectivity index (χ4v) is 3.83. The second kappa shape index (κ2) is 8.83. The summed E-state index contributed by atoms with van der Waals surface area (Å²) in [6.45, 7) is 0.528. The van der Waals surface area contributed by atoms with Gasteiger partial charge < -0.3 is 11.1 Å². The number of aromatic nitrogens is 1. The van der Waals surface area contributed by atoms with Crippen molar-refractivity contribution in [3.05, 3.63) is 53.1 Å². The van der Waals surface area contributed by atoms with Crippen molar-refractivity contribution in [3.63, 3.8) is 0 Å². The molecule has 1 heterocycles. The van der Waals surface area contributed by atoms with E-state index in [0.717, 1.165) is 23.1 Å². The molecule has 0 radical (unpaired) electrons. The Hall–Kier alpha value is -2.64. The number of unbranched alkanes of at least 4 members (excludes halogenated alkanes) is 1. The number of carbonyl (C=O) groups excluding carboxylic acids is 3. The number of nitrogens with two attached hydrogens (primary N) is 1. The number of fused-ring (bicyclic) bond motifs is 1. The van der Waals surface area contributed by atoms with Crippen LogP contribution in [-0.4, -0.2) is 35.0 Å². The number of carbonyl (C=O) groups is 3. The van der Waals surface area contributed by atoms with Crippen LogP contribution in [0.2, 0.25) is 0 Å². The number of benzene rings is 1. The van der Waals surface area contributed by atoms with Crippen LogP contribution in [0.1, 0.15) is 35.5 Å². The minimum atomic E-state index is -0.688. The van der Waals surface area contributed by atoms with E-state index in [-0.39, 0.29) is 23.9 Å². The van der Waals surface area contributed by atoms with Gasteiger partial charge in [-0.3, -0.25) is 14.4 Å². The summed E-state index contributed by atoms with van der Waals surface area (Å²) in [7, 11) is 0. The van der Waals surface area contributed by atoms with Crippen molar-refractivity contribution < 1.29 is 14.4 Å². The number of para-hydroxylation sites is 1. The van der Waals surface area contributed by atoms with E-state index in [9.17, 15) is 14.4 Å². The van der Waals surface area contributed by atoms with Crippen LogP contribution in [0.4, 0.5) is 0 Å².